The lowest BCUT2D eigenvalue weighted by Crippen LogP contribution is -2.54. The first-order chi connectivity index (χ1) is 14.6. The molecule has 2 N–H and O–H groups in total. The Balaban J connectivity index is 1.37. The van der Waals surface area contributed by atoms with E-state index in [0.29, 0.717) is 35.5 Å². The van der Waals surface area contributed by atoms with Gasteiger partial charge in [-0.2, -0.15) is 0 Å². The molecule has 30 heavy (non-hydrogen) atoms. The summed E-state index contributed by atoms with van der Waals surface area (Å²) >= 11 is 0. The molecule has 0 amide bonds. The number of aromatic nitrogens is 5. The van der Waals surface area contributed by atoms with Gasteiger partial charge >= 0.3 is 0 Å². The molecule has 0 unspecified atom stereocenters. The van der Waals surface area contributed by atoms with E-state index < -0.39 is 6.17 Å². The van der Waals surface area contributed by atoms with Gasteiger partial charge in [0.25, 0.3) is 0 Å². The number of halogens is 1. The number of phenolic OH excluding ortho intramolecular Hbond substituents is 1. The van der Waals surface area contributed by atoms with E-state index in [4.69, 9.17) is 0 Å². The van der Waals surface area contributed by atoms with E-state index >= 15 is 0 Å². The van der Waals surface area contributed by atoms with Crippen LogP contribution in [0.3, 0.4) is 0 Å². The molecular formula is C22H23FN6O. The standard InChI is InChI=1S/C22H23FN6O/c1-13-6-15-8-14(21(23)19(7-13)26-15)9-16-11-25-22(28-27-16)18-3-2-17(10-20(18)30)29-5-4-24-12-29/h2-5,9-13,15,19,21,26,30H,6-8H2,1H3/b14-9-/t13-,15+,19-,21-/m1/s1. The van der Waals surface area contributed by atoms with Crippen molar-refractivity contribution in [2.75, 3.05) is 0 Å². The molecule has 3 aromatic rings. The van der Waals surface area contributed by atoms with Gasteiger partial charge in [-0.1, -0.05) is 6.92 Å². The summed E-state index contributed by atoms with van der Waals surface area (Å²) in [5.74, 6) is 0.924. The molecule has 0 radical (unpaired) electrons. The minimum atomic E-state index is -1.01. The molecule has 2 aliphatic heterocycles. The third kappa shape index (κ3) is 3.59. The second-order valence-corrected chi connectivity index (χ2v) is 8.25. The maximum Gasteiger partial charge on any atom is 0.185 e. The second kappa shape index (κ2) is 7.60. The molecule has 7 nitrogen and oxygen atoms in total. The number of nitrogens with zero attached hydrogens (tertiary/aromatic N) is 5. The highest BCUT2D eigenvalue weighted by Crippen LogP contribution is 2.35. The summed E-state index contributed by atoms with van der Waals surface area (Å²) in [6.45, 7) is 2.19. The lowest BCUT2D eigenvalue weighted by atomic mass is 9.78. The van der Waals surface area contributed by atoms with Crippen molar-refractivity contribution in [3.05, 3.63) is 54.4 Å². The highest BCUT2D eigenvalue weighted by Gasteiger charge is 2.38. The fourth-order valence-corrected chi connectivity index (χ4v) is 4.54. The van der Waals surface area contributed by atoms with Crippen LogP contribution >= 0.6 is 0 Å². The van der Waals surface area contributed by atoms with Crippen molar-refractivity contribution in [1.29, 1.82) is 0 Å². The van der Waals surface area contributed by atoms with Crippen LogP contribution in [0, 0.1) is 5.92 Å². The summed E-state index contributed by atoms with van der Waals surface area (Å²) in [6.07, 6.45) is 10.1. The zero-order chi connectivity index (χ0) is 20.7. The quantitative estimate of drug-likeness (QED) is 0.694. The van der Waals surface area contributed by atoms with Gasteiger partial charge in [0.1, 0.15) is 17.6 Å². The third-order valence-electron chi connectivity index (χ3n) is 5.92. The predicted octanol–water partition coefficient (Wildman–Crippen LogP) is 3.31. The van der Waals surface area contributed by atoms with Gasteiger partial charge in [-0.25, -0.2) is 14.4 Å². The van der Waals surface area contributed by atoms with Gasteiger partial charge < -0.3 is 15.0 Å². The fraction of sp³-hybridized carbons (Fsp3) is 0.364. The number of phenols is 1. The van der Waals surface area contributed by atoms with Crippen LogP contribution < -0.4 is 5.32 Å². The van der Waals surface area contributed by atoms with Crippen LogP contribution in [0.1, 0.15) is 31.9 Å². The van der Waals surface area contributed by atoms with Crippen LogP contribution in [0.2, 0.25) is 0 Å². The smallest absolute Gasteiger partial charge is 0.185 e. The van der Waals surface area contributed by atoms with Gasteiger partial charge in [0.2, 0.25) is 0 Å². The van der Waals surface area contributed by atoms with E-state index in [9.17, 15) is 9.50 Å². The summed E-state index contributed by atoms with van der Waals surface area (Å²) in [6, 6.07) is 5.41. The van der Waals surface area contributed by atoms with E-state index in [0.717, 1.165) is 24.1 Å². The lowest BCUT2D eigenvalue weighted by Gasteiger charge is -2.42. The zero-order valence-electron chi connectivity index (χ0n) is 16.6. The first-order valence-electron chi connectivity index (χ1n) is 10.2. The highest BCUT2D eigenvalue weighted by atomic mass is 19.1. The normalized spacial score (nSPS) is 27.3. The Bertz CT molecular complexity index is 1060. The van der Waals surface area contributed by atoms with E-state index in [-0.39, 0.29) is 11.8 Å². The third-order valence-corrected chi connectivity index (χ3v) is 5.92. The van der Waals surface area contributed by atoms with Crippen LogP contribution in [0.5, 0.6) is 5.75 Å². The van der Waals surface area contributed by atoms with Gasteiger partial charge in [-0.05, 0) is 49.0 Å². The van der Waals surface area contributed by atoms with Gasteiger partial charge in [0.05, 0.1) is 23.8 Å². The molecule has 5 rings (SSSR count). The molecule has 8 heteroatoms. The molecule has 2 aromatic heterocycles. The average molecular weight is 406 g/mol. The number of nitrogens with one attached hydrogen (secondary N) is 1. The predicted molar refractivity (Wildman–Crippen MR) is 111 cm³/mol. The minimum Gasteiger partial charge on any atom is -0.507 e. The largest absolute Gasteiger partial charge is 0.507 e. The highest BCUT2D eigenvalue weighted by molar-refractivity contribution is 5.66. The van der Waals surface area contributed by atoms with Gasteiger partial charge in [0, 0.05) is 30.5 Å². The van der Waals surface area contributed by atoms with Crippen molar-refractivity contribution in [2.45, 2.75) is 44.4 Å². The number of alkyl halides is 1. The number of hydrogen-bond acceptors (Lipinski definition) is 6. The molecule has 154 valence electrons. The lowest BCUT2D eigenvalue weighted by molar-refractivity contribution is 0.147. The summed E-state index contributed by atoms with van der Waals surface area (Å²) in [5.41, 5.74) is 2.55. The number of aromatic hydroxyl groups is 1. The number of benzene rings is 1. The number of piperidine rings is 2. The number of rotatable bonds is 3. The molecule has 0 spiro atoms. The molecule has 1 aromatic carbocycles. The first-order valence-corrected chi connectivity index (χ1v) is 10.2. The number of hydrogen-bond donors (Lipinski definition) is 2. The minimum absolute atomic E-state index is 0.0539. The molecule has 4 heterocycles. The maximum absolute atomic E-state index is 14.9. The number of imidazole rings is 1. The molecule has 0 aliphatic carbocycles. The van der Waals surface area contributed by atoms with E-state index in [2.05, 4.69) is 32.4 Å². The zero-order valence-corrected chi connectivity index (χ0v) is 16.6. The van der Waals surface area contributed by atoms with E-state index in [1.807, 2.05) is 6.07 Å². The maximum atomic E-state index is 14.9. The van der Waals surface area contributed by atoms with Crippen molar-refractivity contribution in [3.8, 4) is 22.8 Å². The number of fused-ring (bicyclic) bond motifs is 2. The van der Waals surface area contributed by atoms with Gasteiger partial charge in [0.15, 0.2) is 5.82 Å². The average Bonchev–Trinajstić information content (AvgIpc) is 3.27. The van der Waals surface area contributed by atoms with Gasteiger partial charge in [-0.3, -0.25) is 0 Å². The van der Waals surface area contributed by atoms with Crippen molar-refractivity contribution in [1.82, 2.24) is 30.0 Å². The molecular weight excluding hydrogens is 383 g/mol. The molecule has 2 fully saturated rings. The van der Waals surface area contributed by atoms with Gasteiger partial charge in [-0.15, -0.1) is 10.2 Å². The monoisotopic (exact) mass is 406 g/mol. The van der Waals surface area contributed by atoms with Crippen LogP contribution in [-0.4, -0.2) is 48.1 Å². The van der Waals surface area contributed by atoms with E-state index in [1.54, 1.807) is 47.7 Å². The summed E-state index contributed by atoms with van der Waals surface area (Å²) < 4.78 is 16.7. The Labute approximate surface area is 173 Å². The van der Waals surface area contributed by atoms with Crippen molar-refractivity contribution in [2.24, 2.45) is 5.92 Å². The Morgan fingerprint density at radius 1 is 1.27 bits per heavy atom. The first kappa shape index (κ1) is 18.9. The van der Waals surface area contributed by atoms with Crippen molar-refractivity contribution >= 4 is 6.08 Å². The molecule has 4 atom stereocenters. The van der Waals surface area contributed by atoms with Crippen molar-refractivity contribution < 1.29 is 9.50 Å². The molecule has 2 aliphatic rings. The van der Waals surface area contributed by atoms with Crippen LogP contribution in [0.4, 0.5) is 4.39 Å². The van der Waals surface area contributed by atoms with Crippen LogP contribution in [0.15, 0.2) is 48.7 Å². The molecule has 0 saturated carbocycles. The topological polar surface area (TPSA) is 88.8 Å². The Morgan fingerprint density at radius 2 is 2.17 bits per heavy atom. The van der Waals surface area contributed by atoms with Crippen molar-refractivity contribution in [3.63, 3.8) is 0 Å². The molecule has 2 saturated heterocycles. The van der Waals surface area contributed by atoms with Crippen LogP contribution in [-0.2, 0) is 0 Å². The molecule has 2 bridgehead atoms. The Hall–Kier alpha value is -3.13. The fourth-order valence-electron chi connectivity index (χ4n) is 4.54. The SMILES string of the molecule is C[C@@H]1C[C@H]2C/C(=C/c3cnc(-c4ccc(-n5ccnc5)cc4O)nn3)[C@@H](F)[C@@H](C1)N2. The Kier molecular flexibility index (Phi) is 4.78. The Morgan fingerprint density at radius 3 is 2.90 bits per heavy atom. The van der Waals surface area contributed by atoms with Crippen LogP contribution in [0.25, 0.3) is 23.2 Å². The second-order valence-electron chi connectivity index (χ2n) is 8.25. The van der Waals surface area contributed by atoms with E-state index in [1.165, 1.54) is 0 Å². The summed E-state index contributed by atoms with van der Waals surface area (Å²) in [7, 11) is 0. The summed E-state index contributed by atoms with van der Waals surface area (Å²) in [4.78, 5) is 8.35. The summed E-state index contributed by atoms with van der Waals surface area (Å²) in [5, 5.41) is 22.2.